The van der Waals surface area contributed by atoms with Gasteiger partial charge in [0.05, 0.1) is 18.1 Å². The zero-order valence-electron chi connectivity index (χ0n) is 18.3. The lowest BCUT2D eigenvalue weighted by Gasteiger charge is -2.26. The number of sulfonamides is 1. The van der Waals surface area contributed by atoms with Gasteiger partial charge in [0.1, 0.15) is 5.75 Å². The Balaban J connectivity index is 1.35. The molecular formula is C25H26N2O5S. The number of hydrogen-bond donors (Lipinski definition) is 1. The van der Waals surface area contributed by atoms with Crippen LogP contribution in [-0.2, 0) is 19.6 Å². The van der Waals surface area contributed by atoms with Crippen molar-refractivity contribution in [3.63, 3.8) is 0 Å². The van der Waals surface area contributed by atoms with Crippen molar-refractivity contribution in [1.82, 2.24) is 4.31 Å². The second-order valence-electron chi connectivity index (χ2n) is 7.68. The quantitative estimate of drug-likeness (QED) is 0.573. The highest BCUT2D eigenvalue weighted by molar-refractivity contribution is 7.89. The lowest BCUT2D eigenvalue weighted by Crippen LogP contribution is -2.40. The van der Waals surface area contributed by atoms with Gasteiger partial charge in [-0.2, -0.15) is 4.31 Å². The molecule has 0 aliphatic carbocycles. The largest absolute Gasteiger partial charge is 0.481 e. The first kappa shape index (κ1) is 23.0. The fraction of sp³-hybridized carbons (Fsp3) is 0.240. The standard InChI is InChI=1S/C25H26N2O5S/c1-19(32-23-11-7-21(8-12-23)20-5-3-2-4-6-20)25(28)26-22-9-13-24(14-10-22)33(29,30)27-15-17-31-18-16-27/h2-14,19H,15-18H2,1H3,(H,26,28)/t19-/m1/s1. The number of benzene rings is 3. The van der Waals surface area contributed by atoms with Crippen LogP contribution in [-0.4, -0.2) is 51.0 Å². The summed E-state index contributed by atoms with van der Waals surface area (Å²) in [5.41, 5.74) is 2.66. The van der Waals surface area contributed by atoms with Gasteiger partial charge in [0.15, 0.2) is 6.10 Å². The van der Waals surface area contributed by atoms with E-state index in [1.807, 2.05) is 54.6 Å². The maximum atomic E-state index is 12.7. The molecule has 172 valence electrons. The monoisotopic (exact) mass is 466 g/mol. The van der Waals surface area contributed by atoms with Crippen molar-refractivity contribution in [2.45, 2.75) is 17.9 Å². The summed E-state index contributed by atoms with van der Waals surface area (Å²) < 4.78 is 37.8. The maximum Gasteiger partial charge on any atom is 0.265 e. The maximum absolute atomic E-state index is 12.7. The van der Waals surface area contributed by atoms with Crippen LogP contribution >= 0.6 is 0 Å². The van der Waals surface area contributed by atoms with Gasteiger partial charge in [-0.15, -0.1) is 0 Å². The Morgan fingerprint density at radius 1 is 0.909 bits per heavy atom. The Labute approximate surface area is 194 Å². The molecule has 0 radical (unpaired) electrons. The van der Waals surface area contributed by atoms with Gasteiger partial charge >= 0.3 is 0 Å². The molecule has 8 heteroatoms. The van der Waals surface area contributed by atoms with E-state index < -0.39 is 16.1 Å². The molecule has 3 aromatic rings. The van der Waals surface area contributed by atoms with E-state index in [1.54, 1.807) is 19.1 Å². The smallest absolute Gasteiger partial charge is 0.265 e. The summed E-state index contributed by atoms with van der Waals surface area (Å²) in [6, 6.07) is 23.7. The van der Waals surface area contributed by atoms with Crippen molar-refractivity contribution in [3.05, 3.63) is 78.9 Å². The number of nitrogens with zero attached hydrogens (tertiary/aromatic N) is 1. The number of hydrogen-bond acceptors (Lipinski definition) is 5. The van der Waals surface area contributed by atoms with Crippen LogP contribution in [0.25, 0.3) is 11.1 Å². The SMILES string of the molecule is C[C@@H](Oc1ccc(-c2ccccc2)cc1)C(=O)Nc1ccc(S(=O)(=O)N2CCOCC2)cc1. The number of rotatable bonds is 7. The number of anilines is 1. The zero-order valence-corrected chi connectivity index (χ0v) is 19.1. The van der Waals surface area contributed by atoms with Gasteiger partial charge in [-0.25, -0.2) is 8.42 Å². The van der Waals surface area contributed by atoms with E-state index in [-0.39, 0.29) is 10.8 Å². The number of ether oxygens (including phenoxy) is 2. The van der Waals surface area contributed by atoms with E-state index in [0.29, 0.717) is 37.7 Å². The van der Waals surface area contributed by atoms with E-state index in [2.05, 4.69) is 5.32 Å². The summed E-state index contributed by atoms with van der Waals surface area (Å²) in [6.07, 6.45) is -0.732. The average Bonchev–Trinajstić information content (AvgIpc) is 2.86. The summed E-state index contributed by atoms with van der Waals surface area (Å²) in [5.74, 6) is 0.259. The van der Waals surface area contributed by atoms with Crippen LogP contribution in [0.1, 0.15) is 6.92 Å². The second kappa shape index (κ2) is 10.2. The Hall–Kier alpha value is -3.20. The molecule has 1 amide bonds. The minimum atomic E-state index is -3.57. The van der Waals surface area contributed by atoms with E-state index in [0.717, 1.165) is 11.1 Å². The summed E-state index contributed by atoms with van der Waals surface area (Å²) in [4.78, 5) is 12.7. The molecule has 1 heterocycles. The van der Waals surface area contributed by atoms with Gasteiger partial charge in [-0.05, 0) is 54.4 Å². The average molecular weight is 467 g/mol. The summed E-state index contributed by atoms with van der Waals surface area (Å²) >= 11 is 0. The first-order valence-electron chi connectivity index (χ1n) is 10.7. The summed E-state index contributed by atoms with van der Waals surface area (Å²) in [7, 11) is -3.57. The second-order valence-corrected chi connectivity index (χ2v) is 9.62. The van der Waals surface area contributed by atoms with Gasteiger partial charge < -0.3 is 14.8 Å². The van der Waals surface area contributed by atoms with Crippen molar-refractivity contribution in [1.29, 1.82) is 0 Å². The van der Waals surface area contributed by atoms with E-state index in [4.69, 9.17) is 9.47 Å². The first-order valence-corrected chi connectivity index (χ1v) is 12.2. The Bertz CT molecular complexity index is 1170. The van der Waals surface area contributed by atoms with Gasteiger partial charge in [0.2, 0.25) is 10.0 Å². The van der Waals surface area contributed by atoms with Crippen molar-refractivity contribution in [2.75, 3.05) is 31.6 Å². The van der Waals surface area contributed by atoms with Crippen molar-refractivity contribution in [2.24, 2.45) is 0 Å². The van der Waals surface area contributed by atoms with Crippen molar-refractivity contribution in [3.8, 4) is 16.9 Å². The normalized spacial score (nSPS) is 15.5. The molecule has 1 saturated heterocycles. The highest BCUT2D eigenvalue weighted by atomic mass is 32.2. The van der Waals surface area contributed by atoms with Crippen LogP contribution in [0.15, 0.2) is 83.8 Å². The third-order valence-corrected chi connectivity index (χ3v) is 7.29. The fourth-order valence-corrected chi connectivity index (χ4v) is 4.91. The minimum Gasteiger partial charge on any atom is -0.481 e. The molecule has 1 N–H and O–H groups in total. The van der Waals surface area contributed by atoms with Crippen LogP contribution in [0.3, 0.4) is 0 Å². The fourth-order valence-electron chi connectivity index (χ4n) is 3.50. The van der Waals surface area contributed by atoms with Crippen LogP contribution in [0.4, 0.5) is 5.69 Å². The molecule has 1 aliphatic rings. The number of carbonyl (C=O) groups excluding carboxylic acids is 1. The van der Waals surface area contributed by atoms with Crippen LogP contribution in [0.5, 0.6) is 5.75 Å². The number of morpholine rings is 1. The third kappa shape index (κ3) is 5.60. The zero-order chi connectivity index (χ0) is 23.3. The van der Waals surface area contributed by atoms with Crippen LogP contribution in [0, 0.1) is 0 Å². The van der Waals surface area contributed by atoms with E-state index >= 15 is 0 Å². The lowest BCUT2D eigenvalue weighted by molar-refractivity contribution is -0.122. The number of amides is 1. The molecule has 0 spiro atoms. The highest BCUT2D eigenvalue weighted by Gasteiger charge is 2.26. The molecule has 1 aliphatic heterocycles. The summed E-state index contributed by atoms with van der Waals surface area (Å²) in [5, 5.41) is 2.77. The van der Waals surface area contributed by atoms with Gasteiger partial charge in [-0.1, -0.05) is 42.5 Å². The molecule has 0 saturated carbocycles. The van der Waals surface area contributed by atoms with Crippen molar-refractivity contribution < 1.29 is 22.7 Å². The third-order valence-electron chi connectivity index (χ3n) is 5.37. The number of nitrogens with one attached hydrogen (secondary N) is 1. The molecular weight excluding hydrogens is 440 g/mol. The summed E-state index contributed by atoms with van der Waals surface area (Å²) in [6.45, 7) is 3.11. The minimum absolute atomic E-state index is 0.185. The van der Waals surface area contributed by atoms with Crippen LogP contribution in [0.2, 0.25) is 0 Å². The number of carbonyl (C=O) groups is 1. The van der Waals surface area contributed by atoms with Crippen LogP contribution < -0.4 is 10.1 Å². The first-order chi connectivity index (χ1) is 15.9. The van der Waals surface area contributed by atoms with Gasteiger partial charge in [0.25, 0.3) is 5.91 Å². The molecule has 4 rings (SSSR count). The van der Waals surface area contributed by atoms with Gasteiger partial charge in [0, 0.05) is 18.8 Å². The predicted molar refractivity (Wildman–Crippen MR) is 127 cm³/mol. The molecule has 1 atom stereocenters. The highest BCUT2D eigenvalue weighted by Crippen LogP contribution is 2.23. The predicted octanol–water partition coefficient (Wildman–Crippen LogP) is 3.78. The molecule has 0 bridgehead atoms. The molecule has 0 aromatic heterocycles. The Morgan fingerprint density at radius 2 is 1.52 bits per heavy atom. The molecule has 3 aromatic carbocycles. The molecule has 7 nitrogen and oxygen atoms in total. The molecule has 0 unspecified atom stereocenters. The van der Waals surface area contributed by atoms with E-state index in [1.165, 1.54) is 16.4 Å². The Morgan fingerprint density at radius 3 is 2.15 bits per heavy atom. The van der Waals surface area contributed by atoms with Gasteiger partial charge in [-0.3, -0.25) is 4.79 Å². The lowest BCUT2D eigenvalue weighted by atomic mass is 10.1. The Kier molecular flexibility index (Phi) is 7.08. The van der Waals surface area contributed by atoms with E-state index in [9.17, 15) is 13.2 Å². The van der Waals surface area contributed by atoms with Crippen molar-refractivity contribution >= 4 is 21.6 Å². The topological polar surface area (TPSA) is 84.9 Å². The molecule has 33 heavy (non-hydrogen) atoms. The molecule has 1 fully saturated rings.